The minimum Gasteiger partial charge on any atom is -0.346 e. The summed E-state index contributed by atoms with van der Waals surface area (Å²) in [7, 11) is 0. The quantitative estimate of drug-likeness (QED) is 0.629. The average Bonchev–Trinajstić information content (AvgIpc) is 2.02. The molecule has 4 heteroatoms. The first-order valence-electron chi connectivity index (χ1n) is 4.98. The fourth-order valence-corrected chi connectivity index (χ4v) is 1.02. The summed E-state index contributed by atoms with van der Waals surface area (Å²) in [5, 5.41) is 0. The molecule has 0 radical (unpaired) electrons. The Balaban J connectivity index is 4.04. The first-order chi connectivity index (χ1) is 6.22. The summed E-state index contributed by atoms with van der Waals surface area (Å²) >= 11 is 0. The van der Waals surface area contributed by atoms with Gasteiger partial charge in [-0.05, 0) is 34.6 Å². The molecule has 0 heterocycles. The maximum atomic E-state index is 5.62. The van der Waals surface area contributed by atoms with Crippen LogP contribution in [0.25, 0.3) is 0 Å². The highest BCUT2D eigenvalue weighted by Gasteiger charge is 2.25. The van der Waals surface area contributed by atoms with Gasteiger partial charge in [-0.1, -0.05) is 0 Å². The molecule has 0 rings (SSSR count). The topological polar surface area (TPSA) is 70.5 Å². The van der Waals surface area contributed by atoms with Crippen molar-refractivity contribution in [3.05, 3.63) is 0 Å². The van der Waals surface area contributed by atoms with Crippen LogP contribution in [-0.2, 0) is 9.47 Å². The molecule has 0 atom stereocenters. The molecular formula is C10H24N2O2. The van der Waals surface area contributed by atoms with E-state index in [0.29, 0.717) is 13.1 Å². The highest BCUT2D eigenvalue weighted by molar-refractivity contribution is 4.72. The highest BCUT2D eigenvalue weighted by Crippen LogP contribution is 2.16. The second kappa shape index (κ2) is 5.07. The molecule has 0 bridgehead atoms. The van der Waals surface area contributed by atoms with Gasteiger partial charge in [0.25, 0.3) is 0 Å². The monoisotopic (exact) mass is 204 g/mol. The minimum absolute atomic E-state index is 0.299. The van der Waals surface area contributed by atoms with Crippen LogP contribution in [0, 0.1) is 0 Å². The Labute approximate surface area is 86.9 Å². The van der Waals surface area contributed by atoms with E-state index in [0.717, 1.165) is 0 Å². The molecule has 0 saturated heterocycles. The third kappa shape index (κ3) is 5.54. The first-order valence-corrected chi connectivity index (χ1v) is 4.98. The molecule has 0 spiro atoms. The smallest absolute Gasteiger partial charge is 0.156 e. The van der Waals surface area contributed by atoms with Crippen LogP contribution < -0.4 is 11.5 Å². The van der Waals surface area contributed by atoms with Gasteiger partial charge in [-0.2, -0.15) is 0 Å². The summed E-state index contributed by atoms with van der Waals surface area (Å²) in [5.74, 6) is 0. The fourth-order valence-electron chi connectivity index (χ4n) is 1.02. The Morgan fingerprint density at radius 3 is 1.43 bits per heavy atom. The number of ether oxygens (including phenoxy) is 2. The van der Waals surface area contributed by atoms with Crippen LogP contribution in [0.15, 0.2) is 0 Å². The molecule has 0 aliphatic rings. The molecule has 0 aromatic heterocycles. The Morgan fingerprint density at radius 1 is 0.929 bits per heavy atom. The SMILES string of the molecule is CC(OC(C)(C)CN)OC(C)(C)CN. The van der Waals surface area contributed by atoms with E-state index in [1.807, 2.05) is 34.6 Å². The standard InChI is InChI=1S/C10H24N2O2/c1-8(13-9(2,3)6-11)14-10(4,5)7-12/h8H,6-7,11-12H2,1-5H3. The number of rotatable bonds is 6. The number of hydrogen-bond acceptors (Lipinski definition) is 4. The van der Waals surface area contributed by atoms with Gasteiger partial charge in [0.1, 0.15) is 0 Å². The van der Waals surface area contributed by atoms with Gasteiger partial charge in [0, 0.05) is 13.1 Å². The molecule has 0 aromatic carbocycles. The van der Waals surface area contributed by atoms with Crippen LogP contribution in [0.5, 0.6) is 0 Å². The zero-order chi connectivity index (χ0) is 11.4. The van der Waals surface area contributed by atoms with E-state index in [2.05, 4.69) is 0 Å². The van der Waals surface area contributed by atoms with Crippen molar-refractivity contribution in [2.24, 2.45) is 11.5 Å². The van der Waals surface area contributed by atoms with Crippen LogP contribution in [0.4, 0.5) is 0 Å². The Kier molecular flexibility index (Phi) is 5.01. The summed E-state index contributed by atoms with van der Waals surface area (Å²) in [6.07, 6.45) is -0.299. The summed E-state index contributed by atoms with van der Waals surface area (Å²) in [6, 6.07) is 0. The lowest BCUT2D eigenvalue weighted by Gasteiger charge is -2.33. The average molecular weight is 204 g/mol. The van der Waals surface area contributed by atoms with Crippen molar-refractivity contribution in [3.8, 4) is 0 Å². The number of hydrogen-bond donors (Lipinski definition) is 2. The molecule has 0 fully saturated rings. The minimum atomic E-state index is -0.357. The normalized spacial score (nSPS) is 13.7. The molecule has 4 nitrogen and oxygen atoms in total. The van der Waals surface area contributed by atoms with Crippen molar-refractivity contribution in [2.75, 3.05) is 13.1 Å². The summed E-state index contributed by atoms with van der Waals surface area (Å²) < 4.78 is 11.2. The van der Waals surface area contributed by atoms with Gasteiger partial charge < -0.3 is 20.9 Å². The van der Waals surface area contributed by atoms with Crippen LogP contribution in [0.2, 0.25) is 0 Å². The maximum Gasteiger partial charge on any atom is 0.156 e. The van der Waals surface area contributed by atoms with Crippen LogP contribution in [0.3, 0.4) is 0 Å². The lowest BCUT2D eigenvalue weighted by Crippen LogP contribution is -2.43. The van der Waals surface area contributed by atoms with Crippen molar-refractivity contribution in [3.63, 3.8) is 0 Å². The van der Waals surface area contributed by atoms with Gasteiger partial charge >= 0.3 is 0 Å². The van der Waals surface area contributed by atoms with Gasteiger partial charge in [-0.3, -0.25) is 0 Å². The molecule has 0 aliphatic heterocycles. The van der Waals surface area contributed by atoms with Gasteiger partial charge in [0.2, 0.25) is 0 Å². The van der Waals surface area contributed by atoms with Crippen LogP contribution in [0.1, 0.15) is 34.6 Å². The Morgan fingerprint density at radius 2 is 1.21 bits per heavy atom. The van der Waals surface area contributed by atoms with Gasteiger partial charge in [-0.15, -0.1) is 0 Å². The van der Waals surface area contributed by atoms with E-state index in [-0.39, 0.29) is 17.5 Å². The molecule has 0 amide bonds. The van der Waals surface area contributed by atoms with E-state index in [9.17, 15) is 0 Å². The van der Waals surface area contributed by atoms with Crippen molar-refractivity contribution in [2.45, 2.75) is 52.1 Å². The second-order valence-corrected chi connectivity index (χ2v) is 4.73. The Bertz CT molecular complexity index is 152. The van der Waals surface area contributed by atoms with Crippen molar-refractivity contribution >= 4 is 0 Å². The molecular weight excluding hydrogens is 180 g/mol. The lowest BCUT2D eigenvalue weighted by molar-refractivity contribution is -0.228. The molecule has 14 heavy (non-hydrogen) atoms. The maximum absolute atomic E-state index is 5.62. The van der Waals surface area contributed by atoms with Crippen LogP contribution >= 0.6 is 0 Å². The van der Waals surface area contributed by atoms with E-state index in [1.54, 1.807) is 0 Å². The van der Waals surface area contributed by atoms with E-state index in [1.165, 1.54) is 0 Å². The highest BCUT2D eigenvalue weighted by atomic mass is 16.7. The summed E-state index contributed by atoms with van der Waals surface area (Å²) in [4.78, 5) is 0. The first kappa shape index (κ1) is 13.8. The van der Waals surface area contributed by atoms with Crippen LogP contribution in [-0.4, -0.2) is 30.6 Å². The number of nitrogens with two attached hydrogens (primary N) is 2. The van der Waals surface area contributed by atoms with Gasteiger partial charge in [-0.25, -0.2) is 0 Å². The van der Waals surface area contributed by atoms with Crippen molar-refractivity contribution in [1.82, 2.24) is 0 Å². The lowest BCUT2D eigenvalue weighted by atomic mass is 10.1. The predicted molar refractivity (Wildman–Crippen MR) is 57.9 cm³/mol. The van der Waals surface area contributed by atoms with Crippen molar-refractivity contribution in [1.29, 1.82) is 0 Å². The van der Waals surface area contributed by atoms with E-state index < -0.39 is 0 Å². The molecule has 0 saturated carbocycles. The molecule has 0 aromatic rings. The Hall–Kier alpha value is -0.160. The second-order valence-electron chi connectivity index (χ2n) is 4.73. The zero-order valence-corrected chi connectivity index (χ0v) is 9.96. The van der Waals surface area contributed by atoms with Crippen molar-refractivity contribution < 1.29 is 9.47 Å². The molecule has 0 aliphatic carbocycles. The van der Waals surface area contributed by atoms with Gasteiger partial charge in [0.05, 0.1) is 11.2 Å². The molecule has 86 valence electrons. The third-order valence-electron chi connectivity index (χ3n) is 1.95. The van der Waals surface area contributed by atoms with E-state index in [4.69, 9.17) is 20.9 Å². The van der Waals surface area contributed by atoms with Gasteiger partial charge in [0.15, 0.2) is 6.29 Å². The third-order valence-corrected chi connectivity index (χ3v) is 1.95. The summed E-state index contributed by atoms with van der Waals surface area (Å²) in [6.45, 7) is 10.5. The summed E-state index contributed by atoms with van der Waals surface area (Å²) in [5.41, 5.74) is 10.4. The fraction of sp³-hybridized carbons (Fsp3) is 1.00. The zero-order valence-electron chi connectivity index (χ0n) is 9.96. The molecule has 4 N–H and O–H groups in total. The van der Waals surface area contributed by atoms with E-state index >= 15 is 0 Å². The molecule has 0 unspecified atom stereocenters. The largest absolute Gasteiger partial charge is 0.346 e. The predicted octanol–water partition coefficient (Wildman–Crippen LogP) is 0.840.